The van der Waals surface area contributed by atoms with Crippen LogP contribution in [-0.2, 0) is 0 Å². The molecule has 1 heterocycles. The summed E-state index contributed by atoms with van der Waals surface area (Å²) in [5, 5.41) is 0. The van der Waals surface area contributed by atoms with Crippen LogP contribution in [0.15, 0.2) is 30.3 Å². The highest BCUT2D eigenvalue weighted by molar-refractivity contribution is 5.70. The van der Waals surface area contributed by atoms with E-state index in [1.54, 1.807) is 17.0 Å². The van der Waals surface area contributed by atoms with E-state index in [0.717, 1.165) is 32.7 Å². The fraction of sp³-hybridized carbons (Fsp3) is 0.462. The van der Waals surface area contributed by atoms with Crippen molar-refractivity contribution in [1.29, 1.82) is 0 Å². The zero-order chi connectivity index (χ0) is 12.1. The summed E-state index contributed by atoms with van der Waals surface area (Å²) >= 11 is 0. The minimum Gasteiger partial charge on any atom is -0.410 e. The number of carbonyl (C=O) groups is 1. The Hall–Kier alpha value is -1.55. The Balaban J connectivity index is 1.85. The summed E-state index contributed by atoms with van der Waals surface area (Å²) in [5.74, 6) is 0.607. The van der Waals surface area contributed by atoms with Crippen LogP contribution in [0.5, 0.6) is 5.75 Å². The lowest BCUT2D eigenvalue weighted by Gasteiger charge is -2.33. The molecule has 4 nitrogen and oxygen atoms in total. The molecule has 1 aromatic carbocycles. The van der Waals surface area contributed by atoms with Gasteiger partial charge in [-0.3, -0.25) is 0 Å². The van der Waals surface area contributed by atoms with E-state index >= 15 is 0 Å². The predicted octanol–water partition coefficient (Wildman–Crippen LogP) is 1.82. The molecule has 1 saturated heterocycles. The molecule has 0 atom stereocenters. The van der Waals surface area contributed by atoms with E-state index in [1.165, 1.54) is 0 Å². The molecule has 1 aliphatic heterocycles. The number of likely N-dealkylation sites (N-methyl/N-ethyl adjacent to an activating group) is 1. The van der Waals surface area contributed by atoms with Crippen molar-refractivity contribution < 1.29 is 9.53 Å². The van der Waals surface area contributed by atoms with Crippen LogP contribution in [-0.4, -0.2) is 48.6 Å². The lowest BCUT2D eigenvalue weighted by molar-refractivity contribution is 0.113. The molecule has 0 spiro atoms. The van der Waals surface area contributed by atoms with Crippen LogP contribution in [0, 0.1) is 0 Å². The van der Waals surface area contributed by atoms with Gasteiger partial charge in [0.2, 0.25) is 0 Å². The number of amides is 1. The molecule has 2 rings (SSSR count). The van der Waals surface area contributed by atoms with E-state index in [-0.39, 0.29) is 6.09 Å². The van der Waals surface area contributed by atoms with Gasteiger partial charge in [-0.05, 0) is 18.7 Å². The van der Waals surface area contributed by atoms with Crippen LogP contribution < -0.4 is 4.74 Å². The smallest absolute Gasteiger partial charge is 0.410 e. The fourth-order valence-electron chi connectivity index (χ4n) is 1.90. The van der Waals surface area contributed by atoms with Gasteiger partial charge in [-0.2, -0.15) is 0 Å². The van der Waals surface area contributed by atoms with Crippen LogP contribution in [0.4, 0.5) is 4.79 Å². The van der Waals surface area contributed by atoms with Crippen LogP contribution >= 0.6 is 0 Å². The van der Waals surface area contributed by atoms with Gasteiger partial charge in [0.05, 0.1) is 0 Å². The Labute approximate surface area is 102 Å². The predicted molar refractivity (Wildman–Crippen MR) is 66.2 cm³/mol. The molecule has 0 radical (unpaired) electrons. The van der Waals surface area contributed by atoms with Crippen molar-refractivity contribution in [2.24, 2.45) is 0 Å². The highest BCUT2D eigenvalue weighted by atomic mass is 16.6. The van der Waals surface area contributed by atoms with Gasteiger partial charge < -0.3 is 14.5 Å². The molecular weight excluding hydrogens is 216 g/mol. The molecular formula is C13H18N2O2. The van der Waals surface area contributed by atoms with Gasteiger partial charge in [0.1, 0.15) is 5.75 Å². The van der Waals surface area contributed by atoms with E-state index in [4.69, 9.17) is 4.74 Å². The van der Waals surface area contributed by atoms with Crippen LogP contribution in [0.2, 0.25) is 0 Å². The molecule has 1 aromatic rings. The van der Waals surface area contributed by atoms with Crippen molar-refractivity contribution in [3.8, 4) is 5.75 Å². The summed E-state index contributed by atoms with van der Waals surface area (Å²) in [6.07, 6.45) is -0.244. The molecule has 1 amide bonds. The second kappa shape index (κ2) is 5.68. The maximum absolute atomic E-state index is 11.8. The fourth-order valence-corrected chi connectivity index (χ4v) is 1.90. The normalized spacial score (nSPS) is 16.9. The molecule has 0 unspecified atom stereocenters. The number of hydrogen-bond donors (Lipinski definition) is 0. The standard InChI is InChI=1S/C13H18N2O2/c1-2-14-8-10-15(11-9-14)13(16)17-12-6-4-3-5-7-12/h3-7H,2,8-11H2,1H3. The summed E-state index contributed by atoms with van der Waals surface area (Å²) in [7, 11) is 0. The van der Waals surface area contributed by atoms with Gasteiger partial charge in [0, 0.05) is 26.2 Å². The maximum Gasteiger partial charge on any atom is 0.415 e. The third-order valence-corrected chi connectivity index (χ3v) is 3.03. The maximum atomic E-state index is 11.8. The van der Waals surface area contributed by atoms with Gasteiger partial charge in [0.25, 0.3) is 0 Å². The highest BCUT2D eigenvalue weighted by Crippen LogP contribution is 2.11. The van der Waals surface area contributed by atoms with Crippen molar-refractivity contribution in [3.05, 3.63) is 30.3 Å². The first-order valence-electron chi connectivity index (χ1n) is 6.03. The van der Waals surface area contributed by atoms with Crippen molar-refractivity contribution >= 4 is 6.09 Å². The van der Waals surface area contributed by atoms with E-state index in [0.29, 0.717) is 5.75 Å². The number of ether oxygens (including phenoxy) is 1. The van der Waals surface area contributed by atoms with Gasteiger partial charge in [-0.25, -0.2) is 4.79 Å². The largest absolute Gasteiger partial charge is 0.415 e. The first kappa shape index (κ1) is 11.9. The summed E-state index contributed by atoms with van der Waals surface area (Å²) in [6, 6.07) is 9.20. The van der Waals surface area contributed by atoms with E-state index in [2.05, 4.69) is 11.8 Å². The van der Waals surface area contributed by atoms with Crippen LogP contribution in [0.3, 0.4) is 0 Å². The minimum atomic E-state index is -0.244. The van der Waals surface area contributed by atoms with Gasteiger partial charge in [-0.1, -0.05) is 25.1 Å². The zero-order valence-corrected chi connectivity index (χ0v) is 10.1. The quantitative estimate of drug-likeness (QED) is 0.782. The molecule has 0 saturated carbocycles. The number of benzene rings is 1. The Kier molecular flexibility index (Phi) is 3.98. The number of hydrogen-bond acceptors (Lipinski definition) is 3. The summed E-state index contributed by atoms with van der Waals surface area (Å²) in [6.45, 7) is 6.54. The average Bonchev–Trinajstić information content (AvgIpc) is 2.40. The number of piperazine rings is 1. The van der Waals surface area contributed by atoms with Crippen LogP contribution in [0.25, 0.3) is 0 Å². The summed E-state index contributed by atoms with van der Waals surface area (Å²) < 4.78 is 5.29. The molecule has 1 aliphatic rings. The van der Waals surface area contributed by atoms with Gasteiger partial charge in [0.15, 0.2) is 0 Å². The Morgan fingerprint density at radius 3 is 2.41 bits per heavy atom. The van der Waals surface area contributed by atoms with Gasteiger partial charge in [-0.15, -0.1) is 0 Å². The third-order valence-electron chi connectivity index (χ3n) is 3.03. The van der Waals surface area contributed by atoms with E-state index in [9.17, 15) is 4.79 Å². The number of carbonyl (C=O) groups excluding carboxylic acids is 1. The Morgan fingerprint density at radius 1 is 1.18 bits per heavy atom. The van der Waals surface area contributed by atoms with Crippen molar-refractivity contribution in [3.63, 3.8) is 0 Å². The molecule has 4 heteroatoms. The summed E-state index contributed by atoms with van der Waals surface area (Å²) in [5.41, 5.74) is 0. The molecule has 92 valence electrons. The van der Waals surface area contributed by atoms with E-state index in [1.807, 2.05) is 18.2 Å². The number of para-hydroxylation sites is 1. The second-order valence-corrected chi connectivity index (χ2v) is 4.10. The molecule has 17 heavy (non-hydrogen) atoms. The van der Waals surface area contributed by atoms with Crippen molar-refractivity contribution in [2.75, 3.05) is 32.7 Å². The highest BCUT2D eigenvalue weighted by Gasteiger charge is 2.21. The topological polar surface area (TPSA) is 32.8 Å². The first-order chi connectivity index (χ1) is 8.29. The molecule has 0 bridgehead atoms. The molecule has 0 aromatic heterocycles. The van der Waals surface area contributed by atoms with Crippen LogP contribution in [0.1, 0.15) is 6.92 Å². The third kappa shape index (κ3) is 3.20. The van der Waals surface area contributed by atoms with Gasteiger partial charge >= 0.3 is 6.09 Å². The Morgan fingerprint density at radius 2 is 1.82 bits per heavy atom. The van der Waals surface area contributed by atoms with Crippen molar-refractivity contribution in [2.45, 2.75) is 6.92 Å². The number of nitrogens with zero attached hydrogens (tertiary/aromatic N) is 2. The first-order valence-corrected chi connectivity index (χ1v) is 6.03. The minimum absolute atomic E-state index is 0.244. The lowest BCUT2D eigenvalue weighted by Crippen LogP contribution is -2.49. The lowest BCUT2D eigenvalue weighted by atomic mass is 10.3. The Bertz CT molecular complexity index is 359. The van der Waals surface area contributed by atoms with Crippen molar-refractivity contribution in [1.82, 2.24) is 9.80 Å². The molecule has 1 fully saturated rings. The summed E-state index contributed by atoms with van der Waals surface area (Å²) in [4.78, 5) is 15.9. The van der Waals surface area contributed by atoms with E-state index < -0.39 is 0 Å². The number of rotatable bonds is 2. The zero-order valence-electron chi connectivity index (χ0n) is 10.1. The second-order valence-electron chi connectivity index (χ2n) is 4.10. The average molecular weight is 234 g/mol. The monoisotopic (exact) mass is 234 g/mol. The molecule has 0 aliphatic carbocycles. The SMILES string of the molecule is CCN1CCN(C(=O)Oc2ccccc2)CC1. The molecule has 0 N–H and O–H groups in total.